The first-order valence-corrected chi connectivity index (χ1v) is 5.14. The van der Waals surface area contributed by atoms with Crippen LogP contribution in [0, 0.1) is 11.3 Å². The summed E-state index contributed by atoms with van der Waals surface area (Å²) < 4.78 is 0. The molecule has 0 saturated heterocycles. The highest BCUT2D eigenvalue weighted by atomic mass is 35.5. The fraction of sp³-hybridized carbons (Fsp3) is 0.364. The van der Waals surface area contributed by atoms with Gasteiger partial charge in [0.05, 0.1) is 16.7 Å². The summed E-state index contributed by atoms with van der Waals surface area (Å²) in [5.41, 5.74) is 0.735. The summed E-state index contributed by atoms with van der Waals surface area (Å²) in [6.07, 6.45) is -2.08. The molecule has 0 radical (unpaired) electrons. The second-order valence-electron chi connectivity index (χ2n) is 3.38. The van der Waals surface area contributed by atoms with Crippen molar-refractivity contribution < 1.29 is 15.3 Å². The van der Waals surface area contributed by atoms with Crippen LogP contribution in [0.4, 0.5) is 0 Å². The van der Waals surface area contributed by atoms with Crippen LogP contribution < -0.4 is 0 Å². The first-order chi connectivity index (χ1) is 7.60. The number of benzene rings is 1. The lowest BCUT2D eigenvalue weighted by atomic mass is 10.0. The fourth-order valence-corrected chi connectivity index (χ4v) is 1.55. The van der Waals surface area contributed by atoms with Crippen LogP contribution in [0.1, 0.15) is 23.7 Å². The van der Waals surface area contributed by atoms with Gasteiger partial charge in [0.15, 0.2) is 0 Å². The zero-order valence-electron chi connectivity index (χ0n) is 8.47. The third-order valence-electron chi connectivity index (χ3n) is 2.24. The Morgan fingerprint density at radius 1 is 1.38 bits per heavy atom. The lowest BCUT2D eigenvalue weighted by molar-refractivity contribution is 0.00422. The molecule has 2 unspecified atom stereocenters. The first kappa shape index (κ1) is 12.9. The van der Waals surface area contributed by atoms with E-state index < -0.39 is 12.2 Å². The maximum absolute atomic E-state index is 9.71. The summed E-state index contributed by atoms with van der Waals surface area (Å²) in [5, 5.41) is 36.7. The summed E-state index contributed by atoms with van der Waals surface area (Å²) in [7, 11) is 0. The maximum Gasteiger partial charge on any atom is 0.105 e. The predicted molar refractivity (Wildman–Crippen MR) is 58.8 cm³/mol. The molecule has 0 fully saturated rings. The zero-order valence-corrected chi connectivity index (χ0v) is 9.22. The Kier molecular flexibility index (Phi) is 4.71. The fourth-order valence-electron chi connectivity index (χ4n) is 1.32. The lowest BCUT2D eigenvalue weighted by Gasteiger charge is -2.17. The summed E-state index contributed by atoms with van der Waals surface area (Å²) in [5.74, 6) is 0. The van der Waals surface area contributed by atoms with E-state index in [1.807, 2.05) is 6.07 Å². The number of hydrogen-bond acceptors (Lipinski definition) is 4. The highest BCUT2D eigenvalue weighted by Crippen LogP contribution is 2.24. The molecule has 0 saturated carbocycles. The Labute approximate surface area is 98.3 Å². The van der Waals surface area contributed by atoms with Crippen molar-refractivity contribution in [2.24, 2.45) is 0 Å². The van der Waals surface area contributed by atoms with E-state index in [1.54, 1.807) is 0 Å². The number of aliphatic hydroxyl groups excluding tert-OH is 3. The van der Waals surface area contributed by atoms with Gasteiger partial charge in [-0.3, -0.25) is 0 Å². The minimum Gasteiger partial charge on any atom is -0.396 e. The Morgan fingerprint density at radius 2 is 2.06 bits per heavy atom. The normalized spacial score (nSPS) is 14.2. The molecule has 1 aromatic rings. The van der Waals surface area contributed by atoms with E-state index in [0.29, 0.717) is 11.1 Å². The lowest BCUT2D eigenvalue weighted by Crippen LogP contribution is -2.19. The van der Waals surface area contributed by atoms with Gasteiger partial charge in [-0.05, 0) is 24.1 Å². The molecule has 0 aliphatic rings. The monoisotopic (exact) mass is 241 g/mol. The molecular formula is C11H12ClNO3. The minimum absolute atomic E-state index is 0.0821. The van der Waals surface area contributed by atoms with Crippen molar-refractivity contribution >= 4 is 11.6 Å². The summed E-state index contributed by atoms with van der Waals surface area (Å²) >= 11 is 5.79. The van der Waals surface area contributed by atoms with Crippen molar-refractivity contribution in [3.05, 3.63) is 34.3 Å². The number of halogens is 1. The van der Waals surface area contributed by atoms with Gasteiger partial charge in [-0.15, -0.1) is 0 Å². The minimum atomic E-state index is -1.11. The van der Waals surface area contributed by atoms with Gasteiger partial charge >= 0.3 is 0 Å². The van der Waals surface area contributed by atoms with Crippen LogP contribution in [0.5, 0.6) is 0 Å². The molecule has 2 atom stereocenters. The van der Waals surface area contributed by atoms with E-state index in [0.717, 1.165) is 0 Å². The van der Waals surface area contributed by atoms with Crippen LogP contribution in [0.25, 0.3) is 0 Å². The molecule has 3 N–H and O–H groups in total. The molecule has 1 rings (SSSR count). The molecule has 0 aliphatic heterocycles. The second kappa shape index (κ2) is 5.83. The van der Waals surface area contributed by atoms with Crippen molar-refractivity contribution in [2.45, 2.75) is 18.6 Å². The quantitative estimate of drug-likeness (QED) is 0.734. The Hall–Kier alpha value is -1.12. The van der Waals surface area contributed by atoms with Gasteiger partial charge in [-0.1, -0.05) is 17.7 Å². The maximum atomic E-state index is 9.71. The summed E-state index contributed by atoms with van der Waals surface area (Å²) in [4.78, 5) is 0. The summed E-state index contributed by atoms with van der Waals surface area (Å²) in [6.45, 7) is -0.206. The van der Waals surface area contributed by atoms with Crippen molar-refractivity contribution in [1.29, 1.82) is 5.26 Å². The van der Waals surface area contributed by atoms with Crippen molar-refractivity contribution in [3.8, 4) is 6.07 Å². The molecule has 0 spiro atoms. The first-order valence-electron chi connectivity index (χ1n) is 4.76. The van der Waals surface area contributed by atoms with Gasteiger partial charge in [0.1, 0.15) is 12.2 Å². The number of rotatable bonds is 4. The molecule has 0 heterocycles. The average molecular weight is 242 g/mol. The second-order valence-corrected chi connectivity index (χ2v) is 3.78. The molecule has 0 aromatic heterocycles. The number of nitriles is 1. The molecule has 0 amide bonds. The van der Waals surface area contributed by atoms with Crippen LogP contribution in [0.15, 0.2) is 18.2 Å². The van der Waals surface area contributed by atoms with E-state index in [9.17, 15) is 10.2 Å². The third-order valence-corrected chi connectivity index (χ3v) is 2.56. The Morgan fingerprint density at radius 3 is 2.56 bits per heavy atom. The van der Waals surface area contributed by atoms with Gasteiger partial charge < -0.3 is 15.3 Å². The van der Waals surface area contributed by atoms with Gasteiger partial charge in [0.25, 0.3) is 0 Å². The number of hydrogen-bond donors (Lipinski definition) is 3. The predicted octanol–water partition coefficient (Wildman–Crippen LogP) is 0.988. The van der Waals surface area contributed by atoms with Crippen LogP contribution in [-0.4, -0.2) is 28.0 Å². The van der Waals surface area contributed by atoms with Crippen LogP contribution >= 0.6 is 11.6 Å². The standard InChI is InChI=1S/C11H12ClNO3/c12-9-5-7(1-2-8(9)6-13)11(16)10(15)3-4-14/h1-2,5,10-11,14-16H,3-4H2. The molecule has 4 nitrogen and oxygen atoms in total. The van der Waals surface area contributed by atoms with Crippen molar-refractivity contribution in [2.75, 3.05) is 6.61 Å². The van der Waals surface area contributed by atoms with E-state index in [1.165, 1.54) is 18.2 Å². The van der Waals surface area contributed by atoms with E-state index in [2.05, 4.69) is 0 Å². The molecule has 0 bridgehead atoms. The van der Waals surface area contributed by atoms with Crippen LogP contribution in [-0.2, 0) is 0 Å². The van der Waals surface area contributed by atoms with Crippen LogP contribution in [0.2, 0.25) is 5.02 Å². The largest absolute Gasteiger partial charge is 0.396 e. The van der Waals surface area contributed by atoms with E-state index in [4.69, 9.17) is 22.0 Å². The highest BCUT2D eigenvalue weighted by Gasteiger charge is 2.18. The van der Waals surface area contributed by atoms with Crippen molar-refractivity contribution in [1.82, 2.24) is 0 Å². The number of nitrogens with zero attached hydrogens (tertiary/aromatic N) is 1. The topological polar surface area (TPSA) is 84.5 Å². The highest BCUT2D eigenvalue weighted by molar-refractivity contribution is 6.31. The Bertz CT molecular complexity index is 403. The molecule has 1 aromatic carbocycles. The van der Waals surface area contributed by atoms with Gasteiger partial charge in [0.2, 0.25) is 0 Å². The summed E-state index contributed by atoms with van der Waals surface area (Å²) in [6, 6.07) is 6.34. The zero-order chi connectivity index (χ0) is 12.1. The SMILES string of the molecule is N#Cc1ccc(C(O)C(O)CCO)cc1Cl. The number of aliphatic hydroxyl groups is 3. The van der Waals surface area contributed by atoms with Gasteiger partial charge in [-0.2, -0.15) is 5.26 Å². The van der Waals surface area contributed by atoms with E-state index >= 15 is 0 Å². The van der Waals surface area contributed by atoms with Gasteiger partial charge in [-0.25, -0.2) is 0 Å². The molecule has 5 heteroatoms. The molecule has 16 heavy (non-hydrogen) atoms. The van der Waals surface area contributed by atoms with E-state index in [-0.39, 0.29) is 18.1 Å². The van der Waals surface area contributed by atoms with Crippen molar-refractivity contribution in [3.63, 3.8) is 0 Å². The average Bonchev–Trinajstić information content (AvgIpc) is 2.28. The Balaban J connectivity index is 2.89. The van der Waals surface area contributed by atoms with Crippen LogP contribution in [0.3, 0.4) is 0 Å². The third kappa shape index (κ3) is 2.94. The smallest absolute Gasteiger partial charge is 0.105 e. The molecule has 0 aliphatic carbocycles. The molecular weight excluding hydrogens is 230 g/mol. The molecule has 86 valence electrons. The van der Waals surface area contributed by atoms with Gasteiger partial charge in [0, 0.05) is 6.61 Å².